The summed E-state index contributed by atoms with van der Waals surface area (Å²) in [4.78, 5) is 34.0. The number of esters is 1. The molecule has 3 aromatic heterocycles. The van der Waals surface area contributed by atoms with Gasteiger partial charge in [0.1, 0.15) is 6.61 Å². The largest absolute Gasteiger partial charge is 0.458 e. The van der Waals surface area contributed by atoms with E-state index >= 15 is 0 Å². The molecular formula is C19H15N3O4. The van der Waals surface area contributed by atoms with E-state index in [9.17, 15) is 14.7 Å². The molecule has 0 amide bonds. The van der Waals surface area contributed by atoms with Crippen molar-refractivity contribution in [3.63, 3.8) is 0 Å². The molecule has 7 nitrogen and oxygen atoms in total. The Morgan fingerprint density at radius 2 is 2.19 bits per heavy atom. The zero-order valence-corrected chi connectivity index (χ0v) is 14.0. The summed E-state index contributed by atoms with van der Waals surface area (Å²) in [5, 5.41) is 11.7. The summed E-state index contributed by atoms with van der Waals surface area (Å²) in [5.74, 6) is -0.719. The van der Waals surface area contributed by atoms with Crippen LogP contribution in [-0.4, -0.2) is 25.6 Å². The lowest BCUT2D eigenvalue weighted by molar-refractivity contribution is -0.172. The first kappa shape index (κ1) is 15.2. The molecule has 0 fully saturated rings. The molecule has 130 valence electrons. The van der Waals surface area contributed by atoms with Gasteiger partial charge in [0.2, 0.25) is 0 Å². The highest BCUT2D eigenvalue weighted by atomic mass is 16.6. The first-order valence-corrected chi connectivity index (χ1v) is 8.44. The van der Waals surface area contributed by atoms with Crippen molar-refractivity contribution in [1.29, 1.82) is 0 Å². The number of pyridine rings is 3. The number of aromatic nitrogens is 3. The topological polar surface area (TPSA) is 94.3 Å². The van der Waals surface area contributed by atoms with E-state index in [1.54, 1.807) is 23.8 Å². The summed E-state index contributed by atoms with van der Waals surface area (Å²) in [6.45, 7) is 1.96. The molecule has 1 atom stereocenters. The number of ether oxygens (including phenoxy) is 1. The molecule has 0 saturated heterocycles. The van der Waals surface area contributed by atoms with E-state index in [0.29, 0.717) is 34.7 Å². The van der Waals surface area contributed by atoms with Crippen LogP contribution >= 0.6 is 0 Å². The Labute approximate surface area is 147 Å². The number of cyclic esters (lactones) is 1. The quantitative estimate of drug-likeness (QED) is 0.523. The van der Waals surface area contributed by atoms with Crippen LogP contribution in [0.3, 0.4) is 0 Å². The highest BCUT2D eigenvalue weighted by Crippen LogP contribution is 2.38. The Kier molecular flexibility index (Phi) is 2.92. The standard InChI is InChI=1S/C19H15N3O4/c1-2-19(25)13-7-14-15-11(6-10-4-3-5-20-16(10)21-15)8-22(14)17(23)12(13)9-26-18(19)24/h3-7,25H,2,8-9H2,1H3/t19-/m0/s1. The van der Waals surface area contributed by atoms with Gasteiger partial charge >= 0.3 is 5.97 Å². The summed E-state index contributed by atoms with van der Waals surface area (Å²) in [7, 11) is 0. The minimum absolute atomic E-state index is 0.122. The van der Waals surface area contributed by atoms with Crippen molar-refractivity contribution in [3.05, 3.63) is 57.5 Å². The molecule has 0 aliphatic carbocycles. The summed E-state index contributed by atoms with van der Waals surface area (Å²) in [6, 6.07) is 7.44. The van der Waals surface area contributed by atoms with E-state index in [-0.39, 0.29) is 18.6 Å². The molecule has 0 radical (unpaired) electrons. The zero-order valence-electron chi connectivity index (χ0n) is 14.0. The Morgan fingerprint density at radius 3 is 3.00 bits per heavy atom. The molecule has 2 aliphatic rings. The number of rotatable bonds is 1. The van der Waals surface area contributed by atoms with E-state index in [1.807, 2.05) is 18.2 Å². The lowest BCUT2D eigenvalue weighted by Gasteiger charge is -2.31. The molecule has 5 rings (SSSR count). The minimum Gasteiger partial charge on any atom is -0.458 e. The van der Waals surface area contributed by atoms with Crippen molar-refractivity contribution in [1.82, 2.24) is 14.5 Å². The number of carbonyl (C=O) groups excluding carboxylic acids is 1. The molecule has 2 aliphatic heterocycles. The van der Waals surface area contributed by atoms with Gasteiger partial charge in [0.15, 0.2) is 11.2 Å². The zero-order chi connectivity index (χ0) is 18.1. The maximum Gasteiger partial charge on any atom is 0.343 e. The van der Waals surface area contributed by atoms with Crippen molar-refractivity contribution in [2.75, 3.05) is 0 Å². The van der Waals surface area contributed by atoms with Crippen LogP contribution in [0.5, 0.6) is 0 Å². The van der Waals surface area contributed by atoms with Gasteiger partial charge in [-0.25, -0.2) is 14.8 Å². The smallest absolute Gasteiger partial charge is 0.343 e. The first-order valence-electron chi connectivity index (χ1n) is 8.44. The third-order valence-electron chi connectivity index (χ3n) is 5.28. The second-order valence-corrected chi connectivity index (χ2v) is 6.65. The average molecular weight is 349 g/mol. The van der Waals surface area contributed by atoms with Crippen LogP contribution in [0, 0.1) is 0 Å². The minimum atomic E-state index is -1.81. The van der Waals surface area contributed by atoms with Gasteiger partial charge in [0, 0.05) is 22.7 Å². The van der Waals surface area contributed by atoms with E-state index in [4.69, 9.17) is 4.74 Å². The van der Waals surface area contributed by atoms with Crippen LogP contribution in [0.25, 0.3) is 22.4 Å². The fraction of sp³-hybridized carbons (Fsp3) is 0.263. The van der Waals surface area contributed by atoms with Crippen LogP contribution in [0.1, 0.15) is 30.0 Å². The van der Waals surface area contributed by atoms with Crippen molar-refractivity contribution in [2.45, 2.75) is 32.1 Å². The van der Waals surface area contributed by atoms with Crippen molar-refractivity contribution >= 4 is 17.0 Å². The average Bonchev–Trinajstić information content (AvgIpc) is 3.01. The highest BCUT2D eigenvalue weighted by Gasteiger charge is 2.45. The maximum atomic E-state index is 13.0. The number of hydrogen-bond donors (Lipinski definition) is 1. The van der Waals surface area contributed by atoms with Gasteiger partial charge in [-0.05, 0) is 30.7 Å². The van der Waals surface area contributed by atoms with Gasteiger partial charge in [0.25, 0.3) is 5.56 Å². The molecule has 0 bridgehead atoms. The van der Waals surface area contributed by atoms with Gasteiger partial charge in [-0.15, -0.1) is 0 Å². The molecule has 0 aromatic carbocycles. The maximum absolute atomic E-state index is 13.0. The lowest BCUT2D eigenvalue weighted by Crippen LogP contribution is -2.44. The number of nitrogens with zero attached hydrogens (tertiary/aromatic N) is 3. The van der Waals surface area contributed by atoms with Crippen LogP contribution in [-0.2, 0) is 28.3 Å². The van der Waals surface area contributed by atoms with Gasteiger partial charge in [-0.2, -0.15) is 0 Å². The monoisotopic (exact) mass is 349 g/mol. The molecule has 26 heavy (non-hydrogen) atoms. The Hall–Kier alpha value is -3.06. The lowest BCUT2D eigenvalue weighted by atomic mass is 9.86. The molecule has 0 spiro atoms. The van der Waals surface area contributed by atoms with E-state index in [2.05, 4.69) is 9.97 Å². The first-order chi connectivity index (χ1) is 12.5. The van der Waals surface area contributed by atoms with Crippen molar-refractivity contribution < 1.29 is 14.6 Å². The highest BCUT2D eigenvalue weighted by molar-refractivity contribution is 5.85. The molecule has 1 N–H and O–H groups in total. The predicted octanol–water partition coefficient (Wildman–Crippen LogP) is 1.47. The van der Waals surface area contributed by atoms with E-state index < -0.39 is 11.6 Å². The summed E-state index contributed by atoms with van der Waals surface area (Å²) in [5.41, 5.74) is 1.35. The summed E-state index contributed by atoms with van der Waals surface area (Å²) < 4.78 is 6.68. The molecular weight excluding hydrogens is 334 g/mol. The van der Waals surface area contributed by atoms with Crippen molar-refractivity contribution in [2.24, 2.45) is 0 Å². The Bertz CT molecular complexity index is 1170. The third-order valence-corrected chi connectivity index (χ3v) is 5.28. The second kappa shape index (κ2) is 4.98. The molecule has 0 saturated carbocycles. The summed E-state index contributed by atoms with van der Waals surface area (Å²) >= 11 is 0. The number of carbonyl (C=O) groups is 1. The fourth-order valence-electron chi connectivity index (χ4n) is 3.81. The number of aliphatic hydroxyl groups is 1. The van der Waals surface area contributed by atoms with Crippen molar-refractivity contribution in [3.8, 4) is 11.4 Å². The summed E-state index contributed by atoms with van der Waals surface area (Å²) in [6.07, 6.45) is 1.80. The molecule has 3 aromatic rings. The molecule has 5 heterocycles. The predicted molar refractivity (Wildman–Crippen MR) is 92.3 cm³/mol. The van der Waals surface area contributed by atoms with Gasteiger partial charge in [-0.3, -0.25) is 4.79 Å². The third kappa shape index (κ3) is 1.80. The van der Waals surface area contributed by atoms with Crippen LogP contribution in [0.15, 0.2) is 35.3 Å². The molecule has 0 unspecified atom stereocenters. The van der Waals surface area contributed by atoms with Gasteiger partial charge < -0.3 is 14.4 Å². The van der Waals surface area contributed by atoms with Crippen LogP contribution < -0.4 is 5.56 Å². The van der Waals surface area contributed by atoms with Gasteiger partial charge in [0.05, 0.1) is 23.5 Å². The number of fused-ring (bicyclic) bond motifs is 5. The van der Waals surface area contributed by atoms with Crippen LogP contribution in [0.2, 0.25) is 0 Å². The fourth-order valence-corrected chi connectivity index (χ4v) is 3.81. The van der Waals surface area contributed by atoms with E-state index in [0.717, 1.165) is 10.9 Å². The number of hydrogen-bond acceptors (Lipinski definition) is 6. The van der Waals surface area contributed by atoms with Gasteiger partial charge in [-0.1, -0.05) is 6.92 Å². The SMILES string of the molecule is CC[C@@]1(O)C(=O)OCc2c1cc1n(c2=O)Cc2cc3cccnc3nc2-1. The van der Waals surface area contributed by atoms with E-state index in [1.165, 1.54) is 0 Å². The molecule has 7 heteroatoms. The Morgan fingerprint density at radius 1 is 1.35 bits per heavy atom. The Balaban J connectivity index is 1.81. The normalized spacial score (nSPS) is 20.5. The second-order valence-electron chi connectivity index (χ2n) is 6.65. The van der Waals surface area contributed by atoms with Crippen LogP contribution in [0.4, 0.5) is 0 Å².